The van der Waals surface area contributed by atoms with Crippen LogP contribution in [0.15, 0.2) is 146 Å². The van der Waals surface area contributed by atoms with Crippen LogP contribution in [0.4, 0.5) is 0 Å². The Balaban J connectivity index is 1.30. The quantitative estimate of drug-likeness (QED) is 0.190. The maximum absolute atomic E-state index is 4.63. The van der Waals surface area contributed by atoms with E-state index in [0.717, 1.165) is 5.69 Å². The third-order valence-corrected chi connectivity index (χ3v) is 10.9. The van der Waals surface area contributed by atoms with Crippen LogP contribution in [0, 0.1) is 0 Å². The smallest absolute Gasteiger partial charge is 0.0583 e. The van der Waals surface area contributed by atoms with Crippen molar-refractivity contribution in [2.75, 3.05) is 0 Å². The molecule has 0 bridgehead atoms. The Hall–Kier alpha value is -6.13. The third-order valence-electron chi connectivity index (χ3n) is 10.9. The number of aromatic nitrogens is 4. The Morgan fingerprint density at radius 1 is 0.438 bits per heavy atom. The van der Waals surface area contributed by atoms with Crippen molar-refractivity contribution in [3.05, 3.63) is 157 Å². The fraction of sp³-hybridized carbons (Fsp3) is 0.0682. The summed E-state index contributed by atoms with van der Waals surface area (Å²) in [5.74, 6) is 0. The summed E-state index contributed by atoms with van der Waals surface area (Å²) in [5, 5.41) is 7.59. The van der Waals surface area contributed by atoms with Crippen LogP contribution in [0.3, 0.4) is 0 Å². The lowest BCUT2D eigenvalue weighted by molar-refractivity contribution is 0.626. The van der Waals surface area contributed by atoms with Gasteiger partial charge in [0.05, 0.1) is 38.8 Å². The SMILES string of the molecule is CC1(C)c2cnccc2-n2c3ccc(-n4c5ccccc5c5ccccc54)cc3c3cc(-n4c5ccccc5c5ccccc54)cc1c32. The molecule has 0 N–H and O–H groups in total. The van der Waals surface area contributed by atoms with Gasteiger partial charge in [0.15, 0.2) is 0 Å². The highest BCUT2D eigenvalue weighted by Gasteiger charge is 2.36. The van der Waals surface area contributed by atoms with E-state index in [9.17, 15) is 0 Å². The number of para-hydroxylation sites is 4. The second-order valence-electron chi connectivity index (χ2n) is 13.7. The molecule has 48 heavy (non-hydrogen) atoms. The molecule has 0 spiro atoms. The van der Waals surface area contributed by atoms with Crippen LogP contribution in [0.1, 0.15) is 25.0 Å². The molecule has 11 rings (SSSR count). The van der Waals surface area contributed by atoms with E-state index >= 15 is 0 Å². The molecule has 10 aromatic rings. The molecule has 5 heterocycles. The lowest BCUT2D eigenvalue weighted by Gasteiger charge is -2.34. The molecule has 0 aliphatic carbocycles. The fourth-order valence-corrected chi connectivity index (χ4v) is 8.73. The van der Waals surface area contributed by atoms with Gasteiger partial charge in [0, 0.05) is 67.1 Å². The van der Waals surface area contributed by atoms with E-state index in [1.165, 1.54) is 87.9 Å². The van der Waals surface area contributed by atoms with Gasteiger partial charge in [-0.15, -0.1) is 0 Å². The largest absolute Gasteiger partial charge is 0.309 e. The zero-order valence-electron chi connectivity index (χ0n) is 26.6. The molecule has 0 unspecified atom stereocenters. The number of pyridine rings is 1. The Bertz CT molecular complexity index is 2880. The van der Waals surface area contributed by atoms with Crippen molar-refractivity contribution < 1.29 is 0 Å². The molecule has 0 atom stereocenters. The number of rotatable bonds is 2. The average Bonchev–Trinajstić information content (AvgIpc) is 3.76. The van der Waals surface area contributed by atoms with Crippen molar-refractivity contribution in [2.45, 2.75) is 19.3 Å². The normalized spacial score (nSPS) is 13.8. The van der Waals surface area contributed by atoms with Gasteiger partial charge in [-0.05, 0) is 66.2 Å². The van der Waals surface area contributed by atoms with Crippen molar-refractivity contribution in [3.63, 3.8) is 0 Å². The van der Waals surface area contributed by atoms with Crippen LogP contribution < -0.4 is 0 Å². The summed E-state index contributed by atoms with van der Waals surface area (Å²) in [5.41, 5.74) is 13.2. The summed E-state index contributed by atoms with van der Waals surface area (Å²) in [6.07, 6.45) is 3.99. The first kappa shape index (κ1) is 26.0. The van der Waals surface area contributed by atoms with Crippen LogP contribution in [-0.2, 0) is 5.41 Å². The van der Waals surface area contributed by atoms with Gasteiger partial charge in [-0.3, -0.25) is 4.98 Å². The molecule has 0 saturated carbocycles. The van der Waals surface area contributed by atoms with Crippen molar-refractivity contribution in [2.24, 2.45) is 0 Å². The van der Waals surface area contributed by atoms with Gasteiger partial charge in [0.1, 0.15) is 0 Å². The first-order valence-corrected chi connectivity index (χ1v) is 16.6. The Morgan fingerprint density at radius 3 is 1.52 bits per heavy atom. The molecule has 6 aromatic carbocycles. The standard InChI is InChI=1S/C44H30N4/c1-44(2)35-25-28(47-39-17-9-5-13-31(39)32-14-6-10-18-40(32)47)24-34-33-23-27(19-20-41(33)48(43(34)35)42-21-22-45-26-36(42)44)46-37-15-7-3-11-29(37)30-12-4-8-16-38(30)46/h3-26H,1-2H3. The lowest BCUT2D eigenvalue weighted by atomic mass is 9.75. The van der Waals surface area contributed by atoms with Gasteiger partial charge in [0.2, 0.25) is 0 Å². The predicted octanol–water partition coefficient (Wildman–Crippen LogP) is 11.0. The maximum atomic E-state index is 4.63. The van der Waals surface area contributed by atoms with Crippen molar-refractivity contribution >= 4 is 65.4 Å². The lowest BCUT2D eigenvalue weighted by Crippen LogP contribution is -2.26. The summed E-state index contributed by atoms with van der Waals surface area (Å²) >= 11 is 0. The van der Waals surface area contributed by atoms with E-state index in [-0.39, 0.29) is 5.41 Å². The van der Waals surface area contributed by atoms with Crippen LogP contribution in [0.5, 0.6) is 0 Å². The number of nitrogens with zero attached hydrogens (tertiary/aromatic N) is 4. The molecule has 1 aliphatic rings. The molecule has 1 aliphatic heterocycles. The molecule has 0 saturated heterocycles. The Morgan fingerprint density at radius 2 is 0.938 bits per heavy atom. The van der Waals surface area contributed by atoms with E-state index in [4.69, 9.17) is 0 Å². The minimum Gasteiger partial charge on any atom is -0.309 e. The van der Waals surface area contributed by atoms with Gasteiger partial charge >= 0.3 is 0 Å². The first-order chi connectivity index (χ1) is 23.6. The molecular formula is C44H30N4. The van der Waals surface area contributed by atoms with E-state index in [1.54, 1.807) is 0 Å². The van der Waals surface area contributed by atoms with E-state index < -0.39 is 0 Å². The third kappa shape index (κ3) is 3.17. The highest BCUT2D eigenvalue weighted by molar-refractivity contribution is 6.15. The summed E-state index contributed by atoms with van der Waals surface area (Å²) in [7, 11) is 0. The minimum absolute atomic E-state index is 0.253. The molecule has 4 nitrogen and oxygen atoms in total. The monoisotopic (exact) mass is 614 g/mol. The molecule has 4 heteroatoms. The van der Waals surface area contributed by atoms with Crippen LogP contribution in [0.25, 0.3) is 82.5 Å². The first-order valence-electron chi connectivity index (χ1n) is 16.6. The molecule has 226 valence electrons. The van der Waals surface area contributed by atoms with Crippen LogP contribution >= 0.6 is 0 Å². The number of fused-ring (bicyclic) bond motifs is 11. The molecular weight excluding hydrogens is 585 g/mol. The average molecular weight is 615 g/mol. The summed E-state index contributed by atoms with van der Waals surface area (Å²) in [4.78, 5) is 4.63. The maximum Gasteiger partial charge on any atom is 0.0583 e. The van der Waals surface area contributed by atoms with Gasteiger partial charge in [-0.2, -0.15) is 0 Å². The van der Waals surface area contributed by atoms with E-state index in [1.807, 2.05) is 6.20 Å². The summed E-state index contributed by atoms with van der Waals surface area (Å²) < 4.78 is 7.36. The zero-order chi connectivity index (χ0) is 31.7. The molecule has 0 fully saturated rings. The van der Waals surface area contributed by atoms with Crippen LogP contribution in [0.2, 0.25) is 0 Å². The molecule has 0 radical (unpaired) electrons. The topological polar surface area (TPSA) is 27.7 Å². The number of hydrogen-bond donors (Lipinski definition) is 0. The second kappa shape index (κ2) is 9.02. The number of hydrogen-bond acceptors (Lipinski definition) is 1. The van der Waals surface area contributed by atoms with Gasteiger partial charge < -0.3 is 13.7 Å². The van der Waals surface area contributed by atoms with E-state index in [2.05, 4.69) is 172 Å². The van der Waals surface area contributed by atoms with Gasteiger partial charge in [-0.25, -0.2) is 0 Å². The second-order valence-corrected chi connectivity index (χ2v) is 13.7. The summed E-state index contributed by atoms with van der Waals surface area (Å²) in [6, 6.07) is 49.1. The van der Waals surface area contributed by atoms with E-state index in [0.29, 0.717) is 0 Å². The Kier molecular flexibility index (Phi) is 4.88. The fourth-order valence-electron chi connectivity index (χ4n) is 8.73. The van der Waals surface area contributed by atoms with Gasteiger partial charge in [0.25, 0.3) is 0 Å². The highest BCUT2D eigenvalue weighted by Crippen LogP contribution is 2.49. The molecule has 4 aromatic heterocycles. The zero-order valence-corrected chi connectivity index (χ0v) is 26.6. The Labute approximate surface area is 276 Å². The van der Waals surface area contributed by atoms with Crippen molar-refractivity contribution in [1.82, 2.24) is 18.7 Å². The van der Waals surface area contributed by atoms with Crippen molar-refractivity contribution in [3.8, 4) is 17.1 Å². The minimum atomic E-state index is -0.253. The highest BCUT2D eigenvalue weighted by atomic mass is 15.0. The predicted molar refractivity (Wildman–Crippen MR) is 199 cm³/mol. The molecule has 0 amide bonds. The van der Waals surface area contributed by atoms with Crippen LogP contribution in [-0.4, -0.2) is 18.7 Å². The number of benzene rings is 6. The van der Waals surface area contributed by atoms with Crippen molar-refractivity contribution in [1.29, 1.82) is 0 Å². The van der Waals surface area contributed by atoms with Gasteiger partial charge in [-0.1, -0.05) is 86.6 Å². The summed E-state index contributed by atoms with van der Waals surface area (Å²) in [6.45, 7) is 4.70.